The van der Waals surface area contributed by atoms with Crippen LogP contribution < -0.4 is 5.32 Å². The number of aromatic carboxylic acids is 1. The molecule has 0 aliphatic heterocycles. The predicted molar refractivity (Wildman–Crippen MR) is 89.6 cm³/mol. The number of nitrogens with zero attached hydrogens (tertiary/aromatic N) is 1. The van der Waals surface area contributed by atoms with E-state index < -0.39 is 5.97 Å². The van der Waals surface area contributed by atoms with Gasteiger partial charge in [-0.25, -0.2) is 9.78 Å². The number of fused-ring (bicyclic) bond motifs is 3. The highest BCUT2D eigenvalue weighted by Crippen LogP contribution is 2.61. The molecule has 3 N–H and O–H groups in total. The van der Waals surface area contributed by atoms with Gasteiger partial charge >= 0.3 is 5.97 Å². The van der Waals surface area contributed by atoms with Crippen LogP contribution >= 0.6 is 0 Å². The van der Waals surface area contributed by atoms with Crippen LogP contribution in [0, 0.1) is 23.2 Å². The molecule has 0 spiro atoms. The van der Waals surface area contributed by atoms with E-state index in [-0.39, 0.29) is 5.56 Å². The molecule has 5 heteroatoms. The van der Waals surface area contributed by atoms with E-state index >= 15 is 0 Å². The third-order valence-corrected chi connectivity index (χ3v) is 6.50. The average Bonchev–Trinajstić information content (AvgIpc) is 2.97. The lowest BCUT2D eigenvalue weighted by Crippen LogP contribution is -2.58. The molecule has 23 heavy (non-hydrogen) atoms. The first kappa shape index (κ1) is 14.5. The summed E-state index contributed by atoms with van der Waals surface area (Å²) >= 11 is 0. The highest BCUT2D eigenvalue weighted by atomic mass is 16.4. The van der Waals surface area contributed by atoms with Crippen molar-refractivity contribution >= 4 is 22.7 Å². The van der Waals surface area contributed by atoms with Gasteiger partial charge in [-0.1, -0.05) is 20.8 Å². The summed E-state index contributed by atoms with van der Waals surface area (Å²) in [6.45, 7) is 7.05. The van der Waals surface area contributed by atoms with Gasteiger partial charge < -0.3 is 15.4 Å². The molecule has 2 heterocycles. The average molecular weight is 313 g/mol. The van der Waals surface area contributed by atoms with Crippen LogP contribution in [-0.2, 0) is 0 Å². The first-order valence-electron chi connectivity index (χ1n) is 8.35. The Morgan fingerprint density at radius 3 is 2.87 bits per heavy atom. The molecular formula is C18H23N3O2. The molecule has 122 valence electrons. The topological polar surface area (TPSA) is 78.0 Å². The number of nitrogens with one attached hydrogen (secondary N) is 2. The number of aromatic amines is 1. The van der Waals surface area contributed by atoms with Crippen LogP contribution in [0.5, 0.6) is 0 Å². The summed E-state index contributed by atoms with van der Waals surface area (Å²) in [5, 5.41) is 13.9. The smallest absolute Gasteiger partial charge is 0.339 e. The number of pyridine rings is 1. The largest absolute Gasteiger partial charge is 0.478 e. The number of H-pyrrole nitrogens is 1. The van der Waals surface area contributed by atoms with Crippen molar-refractivity contribution in [1.82, 2.24) is 9.97 Å². The Morgan fingerprint density at radius 1 is 1.43 bits per heavy atom. The summed E-state index contributed by atoms with van der Waals surface area (Å²) in [6, 6.07) is 2.22. The second-order valence-electron chi connectivity index (χ2n) is 7.80. The Labute approximate surface area is 135 Å². The third kappa shape index (κ3) is 1.98. The Bertz CT molecular complexity index is 780. The monoisotopic (exact) mass is 313 g/mol. The number of carboxylic acids is 1. The molecule has 2 bridgehead atoms. The zero-order chi connectivity index (χ0) is 16.4. The maximum Gasteiger partial charge on any atom is 0.339 e. The summed E-state index contributed by atoms with van der Waals surface area (Å²) in [4.78, 5) is 18.9. The van der Waals surface area contributed by atoms with Crippen LogP contribution in [0.15, 0.2) is 18.5 Å². The fourth-order valence-electron chi connectivity index (χ4n) is 4.85. The van der Waals surface area contributed by atoms with Gasteiger partial charge in [0.15, 0.2) is 0 Å². The van der Waals surface area contributed by atoms with Gasteiger partial charge in [0, 0.05) is 23.8 Å². The van der Waals surface area contributed by atoms with E-state index in [2.05, 4.69) is 36.1 Å². The number of hydrogen-bond donors (Lipinski definition) is 3. The fraction of sp³-hybridized carbons (Fsp3) is 0.556. The molecule has 4 atom stereocenters. The van der Waals surface area contributed by atoms with E-state index in [0.717, 1.165) is 29.3 Å². The van der Waals surface area contributed by atoms with E-state index in [1.54, 1.807) is 6.20 Å². The Balaban J connectivity index is 1.69. The maximum absolute atomic E-state index is 11.6. The van der Waals surface area contributed by atoms with E-state index in [1.165, 1.54) is 12.6 Å². The summed E-state index contributed by atoms with van der Waals surface area (Å²) in [6.07, 6.45) is 5.67. The quantitative estimate of drug-likeness (QED) is 0.806. The Kier molecular flexibility index (Phi) is 2.99. The molecule has 3 aliphatic carbocycles. The van der Waals surface area contributed by atoms with E-state index in [1.807, 2.05) is 6.07 Å². The number of hydrogen-bond acceptors (Lipinski definition) is 3. The van der Waals surface area contributed by atoms with Crippen LogP contribution in [0.1, 0.15) is 44.0 Å². The van der Waals surface area contributed by atoms with Crippen LogP contribution in [0.4, 0.5) is 5.69 Å². The van der Waals surface area contributed by atoms with Crippen molar-refractivity contribution in [1.29, 1.82) is 0 Å². The lowest BCUT2D eigenvalue weighted by atomic mass is 9.45. The van der Waals surface area contributed by atoms with Crippen molar-refractivity contribution in [2.75, 3.05) is 5.32 Å². The second kappa shape index (κ2) is 4.73. The highest BCUT2D eigenvalue weighted by molar-refractivity contribution is 6.03. The molecule has 0 radical (unpaired) electrons. The van der Waals surface area contributed by atoms with Gasteiger partial charge in [0.1, 0.15) is 11.2 Å². The maximum atomic E-state index is 11.6. The van der Waals surface area contributed by atoms with Gasteiger partial charge in [-0.3, -0.25) is 0 Å². The van der Waals surface area contributed by atoms with Crippen molar-refractivity contribution < 1.29 is 9.90 Å². The molecule has 0 saturated heterocycles. The van der Waals surface area contributed by atoms with Crippen LogP contribution in [0.25, 0.3) is 11.0 Å². The molecule has 2 aromatic heterocycles. The molecule has 5 rings (SSSR count). The summed E-state index contributed by atoms with van der Waals surface area (Å²) in [7, 11) is 0. The second-order valence-corrected chi connectivity index (χ2v) is 7.80. The molecule has 0 amide bonds. The molecular weight excluding hydrogens is 290 g/mol. The molecule has 0 aromatic carbocycles. The van der Waals surface area contributed by atoms with Crippen LogP contribution in [0.2, 0.25) is 0 Å². The number of anilines is 1. The SMILES string of the molecule is C[C@@H]1[C@@H](Nc2c(C(=O)O)cnc3[nH]ccc23)C[C@@H]2C[C@H]1C2(C)C. The first-order valence-corrected chi connectivity index (χ1v) is 8.35. The summed E-state index contributed by atoms with van der Waals surface area (Å²) < 4.78 is 0. The number of carbonyl (C=O) groups is 1. The molecule has 2 aromatic rings. The summed E-state index contributed by atoms with van der Waals surface area (Å²) in [5.74, 6) is 1.06. The Morgan fingerprint density at radius 2 is 2.22 bits per heavy atom. The van der Waals surface area contributed by atoms with Gasteiger partial charge in [-0.2, -0.15) is 0 Å². The van der Waals surface area contributed by atoms with Gasteiger partial charge in [0.05, 0.1) is 5.69 Å². The van der Waals surface area contributed by atoms with E-state index in [0.29, 0.717) is 23.1 Å². The predicted octanol–water partition coefficient (Wildman–Crippen LogP) is 3.74. The van der Waals surface area contributed by atoms with Crippen molar-refractivity contribution in [2.45, 2.75) is 39.7 Å². The van der Waals surface area contributed by atoms with E-state index in [4.69, 9.17) is 0 Å². The zero-order valence-corrected chi connectivity index (χ0v) is 13.8. The van der Waals surface area contributed by atoms with Crippen molar-refractivity contribution in [2.24, 2.45) is 23.2 Å². The minimum atomic E-state index is -0.933. The van der Waals surface area contributed by atoms with Crippen molar-refractivity contribution in [3.8, 4) is 0 Å². The van der Waals surface area contributed by atoms with E-state index in [9.17, 15) is 9.90 Å². The minimum absolute atomic E-state index is 0.253. The molecule has 3 aliphatic rings. The van der Waals surface area contributed by atoms with Crippen molar-refractivity contribution in [3.05, 3.63) is 24.0 Å². The lowest BCUT2D eigenvalue weighted by molar-refractivity contribution is -0.105. The molecule has 3 fully saturated rings. The first-order chi connectivity index (χ1) is 10.9. The minimum Gasteiger partial charge on any atom is -0.478 e. The van der Waals surface area contributed by atoms with Gasteiger partial charge in [0.2, 0.25) is 0 Å². The van der Waals surface area contributed by atoms with Gasteiger partial charge in [-0.05, 0) is 42.1 Å². The van der Waals surface area contributed by atoms with Crippen LogP contribution in [-0.4, -0.2) is 27.1 Å². The number of rotatable bonds is 3. The van der Waals surface area contributed by atoms with Gasteiger partial charge in [0.25, 0.3) is 0 Å². The highest BCUT2D eigenvalue weighted by Gasteiger charge is 2.56. The fourth-order valence-corrected chi connectivity index (χ4v) is 4.85. The van der Waals surface area contributed by atoms with Crippen LogP contribution in [0.3, 0.4) is 0 Å². The molecule has 0 unspecified atom stereocenters. The molecule has 3 saturated carbocycles. The Hall–Kier alpha value is -2.04. The van der Waals surface area contributed by atoms with Crippen molar-refractivity contribution in [3.63, 3.8) is 0 Å². The normalized spacial score (nSPS) is 31.6. The zero-order valence-electron chi connectivity index (χ0n) is 13.8. The van der Waals surface area contributed by atoms with Gasteiger partial charge in [-0.15, -0.1) is 0 Å². The molecule has 5 nitrogen and oxygen atoms in total. The summed E-state index contributed by atoms with van der Waals surface area (Å²) in [5.41, 5.74) is 2.11. The number of carboxylic acid groups (broad SMARTS) is 1. The third-order valence-electron chi connectivity index (χ3n) is 6.50. The lowest BCUT2D eigenvalue weighted by Gasteiger charge is -2.62. The number of aromatic nitrogens is 2. The standard InChI is InChI=1S/C18H23N3O2/c1-9-13-6-10(18(13,2)3)7-14(9)21-15-11-4-5-19-16(11)20-8-12(15)17(22)23/h4-5,8-10,13-14H,6-7H2,1-3H3,(H,22,23)(H2,19,20,21)/t9-,10-,13+,14-/m0/s1.